The van der Waals surface area contributed by atoms with Crippen molar-refractivity contribution in [3.05, 3.63) is 81.0 Å². The summed E-state index contributed by atoms with van der Waals surface area (Å²) in [6, 6.07) is 13.8. The summed E-state index contributed by atoms with van der Waals surface area (Å²) in [6.45, 7) is -0.137. The molecule has 0 unspecified atom stereocenters. The minimum atomic E-state index is -0.470. The molecule has 1 aromatic heterocycles. The highest BCUT2D eigenvalue weighted by Crippen LogP contribution is 2.31. The molecule has 0 bridgehead atoms. The molecule has 6 nitrogen and oxygen atoms in total. The third-order valence-electron chi connectivity index (χ3n) is 4.67. The zero-order valence-corrected chi connectivity index (χ0v) is 14.0. The van der Waals surface area contributed by atoms with E-state index < -0.39 is 10.9 Å². The lowest BCUT2D eigenvalue weighted by molar-refractivity contribution is -0.385. The molecule has 0 fully saturated rings. The largest absolute Gasteiger partial charge is 0.457 e. The molecule has 26 heavy (non-hydrogen) atoms. The molecule has 0 spiro atoms. The highest BCUT2D eigenvalue weighted by molar-refractivity contribution is 6.05. The Kier molecular flexibility index (Phi) is 4.08. The zero-order chi connectivity index (χ0) is 18.1. The fourth-order valence-electron chi connectivity index (χ4n) is 3.47. The minimum Gasteiger partial charge on any atom is -0.457 e. The van der Waals surface area contributed by atoms with Crippen LogP contribution in [0.5, 0.6) is 0 Å². The van der Waals surface area contributed by atoms with Gasteiger partial charge in [-0.3, -0.25) is 15.1 Å². The summed E-state index contributed by atoms with van der Waals surface area (Å²) in [5.74, 6) is -0.458. The van der Waals surface area contributed by atoms with Crippen LogP contribution < -0.4 is 0 Å². The fraction of sp³-hybridized carbons (Fsp3) is 0.200. The highest BCUT2D eigenvalue weighted by Gasteiger charge is 2.25. The number of fused-ring (bicyclic) bond motifs is 2. The first-order valence-corrected chi connectivity index (χ1v) is 8.45. The summed E-state index contributed by atoms with van der Waals surface area (Å²) in [7, 11) is 0. The van der Waals surface area contributed by atoms with Crippen LogP contribution in [0.25, 0.3) is 10.9 Å². The van der Waals surface area contributed by atoms with Crippen LogP contribution in [0.2, 0.25) is 0 Å². The van der Waals surface area contributed by atoms with Crippen LogP contribution in [0.3, 0.4) is 0 Å². The number of carbonyl (C=O) groups excluding carboxylic acids is 1. The quantitative estimate of drug-likeness (QED) is 0.404. The first kappa shape index (κ1) is 16.2. The summed E-state index contributed by atoms with van der Waals surface area (Å²) in [6.07, 6.45) is 2.61. The molecule has 0 N–H and O–H groups in total. The van der Waals surface area contributed by atoms with Crippen LogP contribution in [0, 0.1) is 10.1 Å². The van der Waals surface area contributed by atoms with E-state index in [1.807, 2.05) is 24.3 Å². The van der Waals surface area contributed by atoms with Gasteiger partial charge in [0.2, 0.25) is 0 Å². The Hall–Kier alpha value is -3.28. The number of rotatable bonds is 4. The number of benzene rings is 2. The molecule has 0 aliphatic heterocycles. The van der Waals surface area contributed by atoms with Crippen molar-refractivity contribution in [2.24, 2.45) is 0 Å². The van der Waals surface area contributed by atoms with Crippen LogP contribution in [0.4, 0.5) is 5.69 Å². The molecule has 2 aromatic carbocycles. The summed E-state index contributed by atoms with van der Waals surface area (Å²) in [4.78, 5) is 28.2. The van der Waals surface area contributed by atoms with Gasteiger partial charge in [-0.1, -0.05) is 30.3 Å². The lowest BCUT2D eigenvalue weighted by atomic mass is 10.0. The van der Waals surface area contributed by atoms with Crippen LogP contribution in [0.1, 0.15) is 33.6 Å². The smallest absolute Gasteiger partial charge is 0.339 e. The molecule has 0 saturated heterocycles. The van der Waals surface area contributed by atoms with Gasteiger partial charge in [-0.2, -0.15) is 0 Å². The Labute approximate surface area is 149 Å². The van der Waals surface area contributed by atoms with E-state index in [4.69, 9.17) is 4.74 Å². The number of esters is 1. The van der Waals surface area contributed by atoms with Crippen molar-refractivity contribution in [2.45, 2.75) is 25.9 Å². The zero-order valence-electron chi connectivity index (χ0n) is 14.0. The maximum Gasteiger partial charge on any atom is 0.339 e. The van der Waals surface area contributed by atoms with Gasteiger partial charge in [0.05, 0.1) is 21.6 Å². The first-order valence-electron chi connectivity index (χ1n) is 8.45. The Morgan fingerprint density at radius 1 is 1.12 bits per heavy atom. The normalized spacial score (nSPS) is 12.8. The maximum absolute atomic E-state index is 12.9. The van der Waals surface area contributed by atoms with Crippen molar-refractivity contribution in [1.82, 2.24) is 4.98 Å². The number of nitro benzene ring substituents is 1. The van der Waals surface area contributed by atoms with Gasteiger partial charge < -0.3 is 4.74 Å². The van der Waals surface area contributed by atoms with E-state index in [1.54, 1.807) is 18.2 Å². The molecule has 1 heterocycles. The van der Waals surface area contributed by atoms with E-state index in [0.29, 0.717) is 11.1 Å². The van der Waals surface area contributed by atoms with Gasteiger partial charge in [0.1, 0.15) is 6.61 Å². The molecule has 1 aliphatic rings. The van der Waals surface area contributed by atoms with Crippen molar-refractivity contribution < 1.29 is 14.5 Å². The minimum absolute atomic E-state index is 0.0508. The van der Waals surface area contributed by atoms with E-state index >= 15 is 0 Å². The molecule has 6 heteroatoms. The van der Waals surface area contributed by atoms with Crippen molar-refractivity contribution in [3.63, 3.8) is 0 Å². The average molecular weight is 348 g/mol. The van der Waals surface area contributed by atoms with Gasteiger partial charge in [0, 0.05) is 17.1 Å². The van der Waals surface area contributed by atoms with Crippen molar-refractivity contribution in [3.8, 4) is 0 Å². The van der Waals surface area contributed by atoms with Crippen LogP contribution in [0.15, 0.2) is 48.5 Å². The van der Waals surface area contributed by atoms with Gasteiger partial charge in [0.25, 0.3) is 5.69 Å². The Balaban J connectivity index is 1.69. The second kappa shape index (κ2) is 6.55. The van der Waals surface area contributed by atoms with Gasteiger partial charge in [0.15, 0.2) is 0 Å². The standard InChI is InChI=1S/C20H16N2O4/c23-20(26-12-13-6-1-4-11-18(13)22(24)25)19-14-7-2-3-9-16(14)21-17-10-5-8-15(17)19/h1-4,6-7,9,11H,5,8,10,12H2. The summed E-state index contributed by atoms with van der Waals surface area (Å²) in [5.41, 5.74) is 3.52. The Bertz CT molecular complexity index is 1030. The molecule has 130 valence electrons. The van der Waals surface area contributed by atoms with E-state index in [-0.39, 0.29) is 12.3 Å². The molecular weight excluding hydrogens is 332 g/mol. The van der Waals surface area contributed by atoms with Gasteiger partial charge in [-0.15, -0.1) is 0 Å². The molecule has 0 radical (unpaired) electrons. The SMILES string of the molecule is O=C(OCc1ccccc1[N+](=O)[O-])c1c2c(nc3ccccc13)CCC2. The van der Waals surface area contributed by atoms with Gasteiger partial charge >= 0.3 is 5.97 Å². The average Bonchev–Trinajstić information content (AvgIpc) is 3.12. The lowest BCUT2D eigenvalue weighted by Gasteiger charge is -2.12. The van der Waals surface area contributed by atoms with E-state index in [2.05, 4.69) is 4.98 Å². The topological polar surface area (TPSA) is 82.3 Å². The second-order valence-electron chi connectivity index (χ2n) is 6.24. The van der Waals surface area contributed by atoms with Gasteiger partial charge in [-0.05, 0) is 37.0 Å². The molecule has 0 amide bonds. The predicted octanol–water partition coefficient (Wildman–Crippen LogP) is 3.99. The van der Waals surface area contributed by atoms with Crippen molar-refractivity contribution in [1.29, 1.82) is 0 Å². The highest BCUT2D eigenvalue weighted by atomic mass is 16.6. The number of ether oxygens (including phenoxy) is 1. The van der Waals surface area contributed by atoms with Crippen LogP contribution in [-0.2, 0) is 24.2 Å². The summed E-state index contributed by atoms with van der Waals surface area (Å²) >= 11 is 0. The lowest BCUT2D eigenvalue weighted by Crippen LogP contribution is -2.11. The molecular formula is C20H16N2O4. The Morgan fingerprint density at radius 3 is 2.73 bits per heavy atom. The predicted molar refractivity (Wildman–Crippen MR) is 96.0 cm³/mol. The third-order valence-corrected chi connectivity index (χ3v) is 4.67. The molecule has 0 saturated carbocycles. The summed E-state index contributed by atoms with van der Waals surface area (Å²) < 4.78 is 5.47. The first-order chi connectivity index (χ1) is 12.6. The second-order valence-corrected chi connectivity index (χ2v) is 6.24. The number of carbonyl (C=O) groups is 1. The van der Waals surface area contributed by atoms with Crippen LogP contribution >= 0.6 is 0 Å². The third kappa shape index (κ3) is 2.79. The van der Waals surface area contributed by atoms with Gasteiger partial charge in [-0.25, -0.2) is 4.79 Å². The molecule has 0 atom stereocenters. The number of hydrogen-bond acceptors (Lipinski definition) is 5. The van der Waals surface area contributed by atoms with Crippen LogP contribution in [-0.4, -0.2) is 15.9 Å². The Morgan fingerprint density at radius 2 is 1.88 bits per heavy atom. The van der Waals surface area contributed by atoms with E-state index in [1.165, 1.54) is 6.07 Å². The van der Waals surface area contributed by atoms with E-state index in [9.17, 15) is 14.9 Å². The molecule has 1 aliphatic carbocycles. The number of nitro groups is 1. The van der Waals surface area contributed by atoms with Crippen molar-refractivity contribution in [2.75, 3.05) is 0 Å². The molecule has 4 rings (SSSR count). The number of aryl methyl sites for hydroxylation is 1. The summed E-state index contributed by atoms with van der Waals surface area (Å²) in [5, 5.41) is 11.9. The number of para-hydroxylation sites is 2. The monoisotopic (exact) mass is 348 g/mol. The maximum atomic E-state index is 12.9. The van der Waals surface area contributed by atoms with E-state index in [0.717, 1.165) is 41.4 Å². The number of pyridine rings is 1. The molecule has 3 aromatic rings. The number of nitrogens with zero attached hydrogens (tertiary/aromatic N) is 2. The van der Waals surface area contributed by atoms with Crippen molar-refractivity contribution >= 4 is 22.6 Å². The fourth-order valence-corrected chi connectivity index (χ4v) is 3.47. The number of hydrogen-bond donors (Lipinski definition) is 0. The number of aromatic nitrogens is 1.